The summed E-state index contributed by atoms with van der Waals surface area (Å²) < 4.78 is 5.72. The van der Waals surface area contributed by atoms with E-state index in [-0.39, 0.29) is 11.8 Å². The van der Waals surface area contributed by atoms with Crippen LogP contribution in [0.2, 0.25) is 0 Å². The maximum absolute atomic E-state index is 12.6. The van der Waals surface area contributed by atoms with Crippen LogP contribution in [-0.2, 0) is 0 Å². The molecule has 0 aliphatic rings. The fourth-order valence-corrected chi connectivity index (χ4v) is 2.49. The molecule has 2 aromatic rings. The Kier molecular flexibility index (Phi) is 8.36. The number of benzene rings is 2. The van der Waals surface area contributed by atoms with E-state index in [9.17, 15) is 9.59 Å². The summed E-state index contributed by atoms with van der Waals surface area (Å²) in [6.07, 6.45) is 3.97. The van der Waals surface area contributed by atoms with Gasteiger partial charge < -0.3 is 15.4 Å². The minimum Gasteiger partial charge on any atom is -0.493 e. The highest BCUT2D eigenvalue weighted by Crippen LogP contribution is 2.20. The number of nitrogens with one attached hydrogen (secondary N) is 2. The Morgan fingerprint density at radius 1 is 0.889 bits per heavy atom. The summed E-state index contributed by atoms with van der Waals surface area (Å²) in [6, 6.07) is 14.1. The van der Waals surface area contributed by atoms with E-state index in [4.69, 9.17) is 4.74 Å². The molecule has 0 saturated carbocycles. The SMILES string of the molecule is CCCCNC(=O)c1ccc(NC(=O)c2ccccc2OCCCC)cc1. The number of anilines is 1. The van der Waals surface area contributed by atoms with E-state index >= 15 is 0 Å². The molecule has 0 atom stereocenters. The van der Waals surface area contributed by atoms with Crippen LogP contribution in [0.3, 0.4) is 0 Å². The molecule has 0 saturated heterocycles. The Bertz CT molecular complexity index is 741. The molecule has 5 nitrogen and oxygen atoms in total. The minimum atomic E-state index is -0.234. The first kappa shape index (κ1) is 20.5. The normalized spacial score (nSPS) is 10.3. The van der Waals surface area contributed by atoms with Crippen molar-refractivity contribution in [2.45, 2.75) is 39.5 Å². The zero-order valence-corrected chi connectivity index (χ0v) is 16.1. The van der Waals surface area contributed by atoms with E-state index in [0.29, 0.717) is 35.7 Å². The van der Waals surface area contributed by atoms with Gasteiger partial charge >= 0.3 is 0 Å². The van der Waals surface area contributed by atoms with E-state index in [2.05, 4.69) is 24.5 Å². The molecule has 144 valence electrons. The van der Waals surface area contributed by atoms with Crippen molar-refractivity contribution in [3.05, 3.63) is 59.7 Å². The van der Waals surface area contributed by atoms with Crippen LogP contribution in [0.25, 0.3) is 0 Å². The first-order chi connectivity index (χ1) is 13.2. The Morgan fingerprint density at radius 2 is 1.59 bits per heavy atom. The summed E-state index contributed by atoms with van der Waals surface area (Å²) >= 11 is 0. The van der Waals surface area contributed by atoms with Gasteiger partial charge in [0.05, 0.1) is 12.2 Å². The third-order valence-electron chi connectivity index (χ3n) is 4.11. The summed E-state index contributed by atoms with van der Waals surface area (Å²) in [7, 11) is 0. The molecular weight excluding hydrogens is 340 g/mol. The highest BCUT2D eigenvalue weighted by atomic mass is 16.5. The molecular formula is C22H28N2O3. The van der Waals surface area contributed by atoms with Crippen molar-refractivity contribution < 1.29 is 14.3 Å². The van der Waals surface area contributed by atoms with Crippen molar-refractivity contribution in [2.75, 3.05) is 18.5 Å². The molecule has 0 radical (unpaired) electrons. The summed E-state index contributed by atoms with van der Waals surface area (Å²) in [5.41, 5.74) is 1.70. The molecule has 2 aromatic carbocycles. The van der Waals surface area contributed by atoms with Gasteiger partial charge in [-0.3, -0.25) is 9.59 Å². The van der Waals surface area contributed by atoms with Crippen molar-refractivity contribution in [2.24, 2.45) is 0 Å². The zero-order chi connectivity index (χ0) is 19.5. The van der Waals surface area contributed by atoms with Gasteiger partial charge in [-0.15, -0.1) is 0 Å². The van der Waals surface area contributed by atoms with Gasteiger partial charge in [-0.25, -0.2) is 0 Å². The molecule has 0 heterocycles. The second-order valence-corrected chi connectivity index (χ2v) is 6.34. The van der Waals surface area contributed by atoms with Crippen LogP contribution < -0.4 is 15.4 Å². The van der Waals surface area contributed by atoms with Gasteiger partial charge in [0.25, 0.3) is 11.8 Å². The smallest absolute Gasteiger partial charge is 0.259 e. The highest BCUT2D eigenvalue weighted by Gasteiger charge is 2.13. The van der Waals surface area contributed by atoms with Crippen molar-refractivity contribution in [3.63, 3.8) is 0 Å². The first-order valence-corrected chi connectivity index (χ1v) is 9.57. The van der Waals surface area contributed by atoms with Gasteiger partial charge in [0.2, 0.25) is 0 Å². The maximum atomic E-state index is 12.6. The summed E-state index contributed by atoms with van der Waals surface area (Å²) in [5, 5.41) is 5.73. The second-order valence-electron chi connectivity index (χ2n) is 6.34. The summed E-state index contributed by atoms with van der Waals surface area (Å²) in [6.45, 7) is 5.43. The summed E-state index contributed by atoms with van der Waals surface area (Å²) in [5.74, 6) is 0.244. The molecule has 27 heavy (non-hydrogen) atoms. The number of ether oxygens (including phenoxy) is 1. The van der Waals surface area contributed by atoms with Crippen molar-refractivity contribution in [1.82, 2.24) is 5.32 Å². The lowest BCUT2D eigenvalue weighted by Crippen LogP contribution is -2.24. The van der Waals surface area contributed by atoms with Crippen molar-refractivity contribution >= 4 is 17.5 Å². The predicted molar refractivity (Wildman–Crippen MR) is 108 cm³/mol. The number of unbranched alkanes of at least 4 members (excludes halogenated alkanes) is 2. The molecule has 0 unspecified atom stereocenters. The number of hydrogen-bond acceptors (Lipinski definition) is 3. The molecule has 2 amide bonds. The Hall–Kier alpha value is -2.82. The maximum Gasteiger partial charge on any atom is 0.259 e. The third-order valence-corrected chi connectivity index (χ3v) is 4.11. The third kappa shape index (κ3) is 6.44. The zero-order valence-electron chi connectivity index (χ0n) is 16.1. The number of carbonyl (C=O) groups is 2. The molecule has 0 aromatic heterocycles. The van der Waals surface area contributed by atoms with Gasteiger partial charge in [0.15, 0.2) is 0 Å². The number of carbonyl (C=O) groups excluding carboxylic acids is 2. The predicted octanol–water partition coefficient (Wildman–Crippen LogP) is 4.65. The lowest BCUT2D eigenvalue weighted by atomic mass is 10.1. The van der Waals surface area contributed by atoms with Crippen LogP contribution in [0.1, 0.15) is 60.2 Å². The topological polar surface area (TPSA) is 67.4 Å². The fourth-order valence-electron chi connectivity index (χ4n) is 2.49. The van der Waals surface area contributed by atoms with Gasteiger partial charge in [-0.2, -0.15) is 0 Å². The molecule has 2 N–H and O–H groups in total. The van der Waals surface area contributed by atoms with Crippen LogP contribution >= 0.6 is 0 Å². The Balaban J connectivity index is 1.99. The molecule has 0 bridgehead atoms. The summed E-state index contributed by atoms with van der Waals surface area (Å²) in [4.78, 5) is 24.6. The average molecular weight is 368 g/mol. The molecule has 5 heteroatoms. The lowest BCUT2D eigenvalue weighted by Gasteiger charge is -2.12. The molecule has 0 spiro atoms. The average Bonchev–Trinajstić information content (AvgIpc) is 2.69. The van der Waals surface area contributed by atoms with Crippen LogP contribution in [0.5, 0.6) is 5.75 Å². The number of amides is 2. The van der Waals surface area contributed by atoms with Gasteiger partial charge in [-0.1, -0.05) is 38.8 Å². The molecule has 0 fully saturated rings. The van der Waals surface area contributed by atoms with Crippen LogP contribution in [0, 0.1) is 0 Å². The second kappa shape index (κ2) is 11.0. The van der Waals surface area contributed by atoms with Gasteiger partial charge in [0, 0.05) is 17.8 Å². The lowest BCUT2D eigenvalue weighted by molar-refractivity contribution is 0.0952. The Morgan fingerprint density at radius 3 is 2.30 bits per heavy atom. The minimum absolute atomic E-state index is 0.101. The largest absolute Gasteiger partial charge is 0.493 e. The standard InChI is InChI=1S/C22H28N2O3/c1-3-5-15-23-21(25)17-11-13-18(14-12-17)24-22(26)19-9-7-8-10-20(19)27-16-6-4-2/h7-14H,3-6,15-16H2,1-2H3,(H,23,25)(H,24,26). The Labute approximate surface area is 161 Å². The van der Waals surface area contributed by atoms with Gasteiger partial charge in [-0.05, 0) is 49.2 Å². The molecule has 0 aliphatic heterocycles. The molecule has 2 rings (SSSR count). The number of para-hydroxylation sites is 1. The quantitative estimate of drug-likeness (QED) is 0.600. The number of hydrogen-bond donors (Lipinski definition) is 2. The van der Waals surface area contributed by atoms with Crippen LogP contribution in [0.15, 0.2) is 48.5 Å². The molecule has 0 aliphatic carbocycles. The van der Waals surface area contributed by atoms with Crippen LogP contribution in [0.4, 0.5) is 5.69 Å². The van der Waals surface area contributed by atoms with E-state index in [1.807, 2.05) is 12.1 Å². The van der Waals surface area contributed by atoms with E-state index < -0.39 is 0 Å². The first-order valence-electron chi connectivity index (χ1n) is 9.57. The van der Waals surface area contributed by atoms with Crippen LogP contribution in [-0.4, -0.2) is 25.0 Å². The number of rotatable bonds is 10. The van der Waals surface area contributed by atoms with Crippen molar-refractivity contribution in [1.29, 1.82) is 0 Å². The van der Waals surface area contributed by atoms with E-state index in [0.717, 1.165) is 25.7 Å². The highest BCUT2D eigenvalue weighted by molar-refractivity contribution is 6.06. The van der Waals surface area contributed by atoms with E-state index in [1.165, 1.54) is 0 Å². The van der Waals surface area contributed by atoms with Gasteiger partial charge in [0.1, 0.15) is 5.75 Å². The monoisotopic (exact) mass is 368 g/mol. The van der Waals surface area contributed by atoms with E-state index in [1.54, 1.807) is 36.4 Å². The fraction of sp³-hybridized carbons (Fsp3) is 0.364. The van der Waals surface area contributed by atoms with Crippen molar-refractivity contribution in [3.8, 4) is 5.75 Å².